The Hall–Kier alpha value is -2.75. The molecule has 0 amide bonds. The SMILES string of the molecule is COC(=O)c1ccc(C#N)cc1Cl.COC(=O)c1ccc(N)cc1Cl. The van der Waals surface area contributed by atoms with E-state index in [1.165, 1.54) is 44.6 Å². The van der Waals surface area contributed by atoms with E-state index in [0.29, 0.717) is 21.8 Å². The number of anilines is 1. The van der Waals surface area contributed by atoms with Crippen molar-refractivity contribution in [1.29, 1.82) is 5.26 Å². The van der Waals surface area contributed by atoms with E-state index in [0.717, 1.165) is 0 Å². The predicted octanol–water partition coefficient (Wildman–Crippen LogP) is 3.71. The van der Waals surface area contributed by atoms with Crippen molar-refractivity contribution in [3.05, 3.63) is 63.1 Å². The predicted molar refractivity (Wildman–Crippen MR) is 94.7 cm³/mol. The molecule has 0 aromatic heterocycles. The van der Waals surface area contributed by atoms with Crippen molar-refractivity contribution in [1.82, 2.24) is 0 Å². The zero-order valence-corrected chi connectivity index (χ0v) is 14.9. The van der Waals surface area contributed by atoms with Crippen LogP contribution in [0.15, 0.2) is 36.4 Å². The van der Waals surface area contributed by atoms with Crippen LogP contribution in [0.2, 0.25) is 10.0 Å². The van der Waals surface area contributed by atoms with Crippen LogP contribution in [-0.4, -0.2) is 26.2 Å². The molecule has 0 atom stereocenters. The van der Waals surface area contributed by atoms with Gasteiger partial charge in [-0.3, -0.25) is 0 Å². The summed E-state index contributed by atoms with van der Waals surface area (Å²) in [5.74, 6) is -0.963. The van der Waals surface area contributed by atoms with E-state index in [-0.39, 0.29) is 10.6 Å². The molecule has 130 valence electrons. The van der Waals surface area contributed by atoms with Gasteiger partial charge in [-0.15, -0.1) is 0 Å². The van der Waals surface area contributed by atoms with Gasteiger partial charge in [0.2, 0.25) is 0 Å². The van der Waals surface area contributed by atoms with Crippen LogP contribution >= 0.6 is 23.2 Å². The van der Waals surface area contributed by atoms with E-state index >= 15 is 0 Å². The molecule has 0 saturated heterocycles. The third-order valence-corrected chi connectivity index (χ3v) is 3.53. The molecule has 2 N–H and O–H groups in total. The molecule has 2 aromatic rings. The molecule has 25 heavy (non-hydrogen) atoms. The number of halogens is 2. The highest BCUT2D eigenvalue weighted by atomic mass is 35.5. The number of nitrogen functional groups attached to an aromatic ring is 1. The first-order chi connectivity index (χ1) is 11.8. The molecule has 0 aliphatic carbocycles. The van der Waals surface area contributed by atoms with Crippen LogP contribution in [0, 0.1) is 11.3 Å². The topological polar surface area (TPSA) is 102 Å². The maximum Gasteiger partial charge on any atom is 0.339 e. The Morgan fingerprint density at radius 2 is 1.44 bits per heavy atom. The normalized spacial score (nSPS) is 9.24. The minimum Gasteiger partial charge on any atom is -0.465 e. The number of ether oxygens (including phenoxy) is 2. The van der Waals surface area contributed by atoms with Gasteiger partial charge < -0.3 is 15.2 Å². The lowest BCUT2D eigenvalue weighted by atomic mass is 10.1. The van der Waals surface area contributed by atoms with Gasteiger partial charge in [0.1, 0.15) is 0 Å². The number of benzene rings is 2. The fourth-order valence-corrected chi connectivity index (χ4v) is 2.19. The van der Waals surface area contributed by atoms with Gasteiger partial charge >= 0.3 is 11.9 Å². The third kappa shape index (κ3) is 5.68. The highest BCUT2D eigenvalue weighted by molar-refractivity contribution is 6.34. The van der Waals surface area contributed by atoms with Crippen molar-refractivity contribution in [3.8, 4) is 6.07 Å². The average Bonchev–Trinajstić information content (AvgIpc) is 2.60. The number of hydrogen-bond donors (Lipinski definition) is 1. The van der Waals surface area contributed by atoms with E-state index in [2.05, 4.69) is 9.47 Å². The summed E-state index contributed by atoms with van der Waals surface area (Å²) in [5, 5.41) is 9.06. The summed E-state index contributed by atoms with van der Waals surface area (Å²) < 4.78 is 8.98. The first-order valence-corrected chi connectivity index (χ1v) is 7.51. The monoisotopic (exact) mass is 380 g/mol. The Kier molecular flexibility index (Phi) is 7.73. The molecule has 0 spiro atoms. The maximum absolute atomic E-state index is 11.0. The molecule has 2 rings (SSSR count). The van der Waals surface area contributed by atoms with Crippen molar-refractivity contribution in [3.63, 3.8) is 0 Å². The molecular weight excluding hydrogens is 367 g/mol. The number of rotatable bonds is 2. The second kappa shape index (κ2) is 9.52. The standard InChI is InChI=1S/C9H6ClNO2.C8H8ClNO2/c1-13-9(12)7-3-2-6(5-11)4-8(7)10;1-12-8(11)6-3-2-5(10)4-7(6)9/h2-4H,1H3;2-4H,10H2,1H3. The van der Waals surface area contributed by atoms with Crippen LogP contribution in [0.25, 0.3) is 0 Å². The largest absolute Gasteiger partial charge is 0.465 e. The number of nitriles is 1. The molecule has 0 fully saturated rings. The van der Waals surface area contributed by atoms with Gasteiger partial charge in [-0.1, -0.05) is 23.2 Å². The highest BCUT2D eigenvalue weighted by Crippen LogP contribution is 2.19. The second-order valence-electron chi connectivity index (χ2n) is 4.53. The van der Waals surface area contributed by atoms with Crippen molar-refractivity contribution >= 4 is 40.8 Å². The van der Waals surface area contributed by atoms with Crippen LogP contribution in [0.3, 0.4) is 0 Å². The van der Waals surface area contributed by atoms with Crippen LogP contribution < -0.4 is 5.73 Å². The lowest BCUT2D eigenvalue weighted by molar-refractivity contribution is 0.0592. The van der Waals surface area contributed by atoms with Crippen LogP contribution in [0.1, 0.15) is 26.3 Å². The van der Waals surface area contributed by atoms with Crippen LogP contribution in [-0.2, 0) is 9.47 Å². The minimum absolute atomic E-state index is 0.228. The minimum atomic E-state index is -0.505. The summed E-state index contributed by atoms with van der Waals surface area (Å²) in [5.41, 5.74) is 6.96. The average molecular weight is 381 g/mol. The zero-order valence-electron chi connectivity index (χ0n) is 13.4. The van der Waals surface area contributed by atoms with Gasteiger partial charge in [-0.05, 0) is 36.4 Å². The summed E-state index contributed by atoms with van der Waals surface area (Å²) in [6, 6.07) is 11.0. The highest BCUT2D eigenvalue weighted by Gasteiger charge is 2.10. The number of carbonyl (C=O) groups excluding carboxylic acids is 2. The molecule has 0 saturated carbocycles. The Labute approximate surface area is 154 Å². The number of esters is 2. The van der Waals surface area contributed by atoms with Crippen LogP contribution in [0.4, 0.5) is 5.69 Å². The molecule has 0 aliphatic heterocycles. The number of methoxy groups -OCH3 is 2. The summed E-state index contributed by atoms with van der Waals surface area (Å²) in [4.78, 5) is 22.0. The fraction of sp³-hybridized carbons (Fsp3) is 0.118. The summed E-state index contributed by atoms with van der Waals surface area (Å²) >= 11 is 11.5. The Balaban J connectivity index is 0.000000251. The van der Waals surface area contributed by atoms with E-state index in [9.17, 15) is 9.59 Å². The van der Waals surface area contributed by atoms with Crippen molar-refractivity contribution in [2.24, 2.45) is 0 Å². The molecule has 0 heterocycles. The van der Waals surface area contributed by atoms with Crippen molar-refractivity contribution in [2.75, 3.05) is 20.0 Å². The maximum atomic E-state index is 11.0. The van der Waals surface area contributed by atoms with Crippen LogP contribution in [0.5, 0.6) is 0 Å². The quantitative estimate of drug-likeness (QED) is 0.629. The third-order valence-electron chi connectivity index (χ3n) is 2.90. The number of nitrogens with two attached hydrogens (primary N) is 1. The van der Waals surface area contributed by atoms with Gasteiger partial charge in [0, 0.05) is 5.69 Å². The Bertz CT molecular complexity index is 832. The molecule has 0 aliphatic rings. The molecule has 0 radical (unpaired) electrons. The van der Waals surface area contributed by atoms with Gasteiger partial charge in [-0.25, -0.2) is 9.59 Å². The van der Waals surface area contributed by atoms with E-state index in [1.54, 1.807) is 6.07 Å². The number of nitrogens with zero attached hydrogens (tertiary/aromatic N) is 1. The van der Waals surface area contributed by atoms with Crippen molar-refractivity contribution < 1.29 is 19.1 Å². The summed E-state index contributed by atoms with van der Waals surface area (Å²) in [6.07, 6.45) is 0. The Morgan fingerprint density at radius 1 is 0.960 bits per heavy atom. The van der Waals surface area contributed by atoms with Gasteiger partial charge in [0.05, 0.1) is 47.0 Å². The fourth-order valence-electron chi connectivity index (χ4n) is 1.67. The van der Waals surface area contributed by atoms with Gasteiger partial charge in [-0.2, -0.15) is 5.26 Å². The Morgan fingerprint density at radius 3 is 1.84 bits per heavy atom. The molecule has 6 nitrogen and oxygen atoms in total. The van der Waals surface area contributed by atoms with Gasteiger partial charge in [0.15, 0.2) is 0 Å². The first kappa shape index (κ1) is 20.3. The molecule has 0 bridgehead atoms. The summed E-state index contributed by atoms with van der Waals surface area (Å²) in [6.45, 7) is 0. The first-order valence-electron chi connectivity index (χ1n) is 6.75. The molecule has 2 aromatic carbocycles. The number of carbonyl (C=O) groups is 2. The van der Waals surface area contributed by atoms with Gasteiger partial charge in [0.25, 0.3) is 0 Å². The zero-order chi connectivity index (χ0) is 19.0. The second-order valence-corrected chi connectivity index (χ2v) is 5.34. The lowest BCUT2D eigenvalue weighted by Gasteiger charge is -2.01. The summed E-state index contributed by atoms with van der Waals surface area (Å²) in [7, 11) is 2.58. The molecule has 8 heteroatoms. The molecule has 0 unspecified atom stereocenters. The smallest absolute Gasteiger partial charge is 0.339 e. The lowest BCUT2D eigenvalue weighted by Crippen LogP contribution is -2.02. The van der Waals surface area contributed by atoms with E-state index in [4.69, 9.17) is 34.2 Å². The van der Waals surface area contributed by atoms with Crippen molar-refractivity contribution in [2.45, 2.75) is 0 Å². The number of hydrogen-bond acceptors (Lipinski definition) is 6. The molecular formula is C17H14Cl2N2O4. The van der Waals surface area contributed by atoms with E-state index < -0.39 is 11.9 Å². The van der Waals surface area contributed by atoms with E-state index in [1.807, 2.05) is 6.07 Å².